The predicted octanol–water partition coefficient (Wildman–Crippen LogP) is 2.68. The van der Waals surface area contributed by atoms with E-state index >= 15 is 0 Å². The first kappa shape index (κ1) is 16.4. The second-order valence-electron chi connectivity index (χ2n) is 7.22. The van der Waals surface area contributed by atoms with E-state index in [2.05, 4.69) is 21.0 Å². The monoisotopic (exact) mass is 316 g/mol. The Morgan fingerprint density at radius 1 is 1.13 bits per heavy atom. The van der Waals surface area contributed by atoms with Crippen LogP contribution in [0.5, 0.6) is 0 Å². The van der Waals surface area contributed by atoms with E-state index in [1.165, 1.54) is 32.5 Å². The van der Waals surface area contributed by atoms with E-state index in [-0.39, 0.29) is 11.6 Å². The third-order valence-corrected chi connectivity index (χ3v) is 5.47. The zero-order valence-corrected chi connectivity index (χ0v) is 14.0. The van der Waals surface area contributed by atoms with Crippen molar-refractivity contribution >= 4 is 5.91 Å². The van der Waals surface area contributed by atoms with Gasteiger partial charge in [-0.15, -0.1) is 12.3 Å². The summed E-state index contributed by atoms with van der Waals surface area (Å²) in [4.78, 5) is 17.0. The summed E-state index contributed by atoms with van der Waals surface area (Å²) in [6.45, 7) is 5.61. The van der Waals surface area contributed by atoms with E-state index in [1.54, 1.807) is 0 Å². The topological polar surface area (TPSA) is 48.3 Å². The lowest BCUT2D eigenvalue weighted by atomic mass is 9.95. The maximum Gasteiger partial charge on any atom is 0.222 e. The number of carbonyl (C=O) groups excluding carboxylic acids is 1. The van der Waals surface area contributed by atoms with Crippen LogP contribution in [0, 0.1) is 18.3 Å². The summed E-state index contributed by atoms with van der Waals surface area (Å²) >= 11 is 0. The molecule has 0 aromatic carbocycles. The Morgan fingerprint density at radius 2 is 1.83 bits per heavy atom. The fourth-order valence-electron chi connectivity index (χ4n) is 3.83. The van der Waals surface area contributed by atoms with Crippen molar-refractivity contribution in [3.05, 3.63) is 0 Å². The van der Waals surface area contributed by atoms with Crippen molar-refractivity contribution in [2.24, 2.45) is 16.1 Å². The van der Waals surface area contributed by atoms with Crippen LogP contribution in [0.15, 0.2) is 10.2 Å². The number of piperidine rings is 1. The Morgan fingerprint density at radius 3 is 2.43 bits per heavy atom. The normalized spacial score (nSPS) is 23.9. The summed E-state index contributed by atoms with van der Waals surface area (Å²) in [6, 6.07) is 0. The molecule has 2 saturated heterocycles. The molecule has 2 fully saturated rings. The summed E-state index contributed by atoms with van der Waals surface area (Å²) < 4.78 is 0. The van der Waals surface area contributed by atoms with Crippen molar-refractivity contribution < 1.29 is 4.79 Å². The molecule has 3 aliphatic heterocycles. The van der Waals surface area contributed by atoms with Gasteiger partial charge in [0.25, 0.3) is 0 Å². The molecule has 3 rings (SSSR count). The lowest BCUT2D eigenvalue weighted by Crippen LogP contribution is -2.41. The second kappa shape index (κ2) is 7.44. The molecule has 0 atom stereocenters. The molecule has 0 aromatic rings. The Bertz CT molecular complexity index is 476. The van der Waals surface area contributed by atoms with Crippen LogP contribution in [0.25, 0.3) is 0 Å². The first-order valence-corrected chi connectivity index (χ1v) is 9.08. The summed E-state index contributed by atoms with van der Waals surface area (Å²) in [7, 11) is 0. The molecule has 1 amide bonds. The third kappa shape index (κ3) is 4.54. The molecule has 126 valence electrons. The van der Waals surface area contributed by atoms with E-state index in [0.717, 1.165) is 44.7 Å². The average molecular weight is 316 g/mol. The van der Waals surface area contributed by atoms with Crippen molar-refractivity contribution in [3.63, 3.8) is 0 Å². The Labute approximate surface area is 139 Å². The number of hydrogen-bond acceptors (Lipinski definition) is 4. The molecule has 0 aliphatic carbocycles. The first-order valence-electron chi connectivity index (χ1n) is 9.08. The number of nitrogens with zero attached hydrogens (tertiary/aromatic N) is 4. The van der Waals surface area contributed by atoms with Crippen molar-refractivity contribution in [2.75, 3.05) is 32.7 Å². The number of rotatable bonds is 7. The Kier molecular flexibility index (Phi) is 5.32. The van der Waals surface area contributed by atoms with Crippen molar-refractivity contribution in [1.82, 2.24) is 9.80 Å². The van der Waals surface area contributed by atoms with Crippen LogP contribution in [0.4, 0.5) is 0 Å². The van der Waals surface area contributed by atoms with Gasteiger partial charge in [-0.2, -0.15) is 10.2 Å². The zero-order valence-electron chi connectivity index (χ0n) is 14.0. The van der Waals surface area contributed by atoms with Crippen LogP contribution in [-0.4, -0.2) is 54.1 Å². The highest BCUT2D eigenvalue weighted by Crippen LogP contribution is 2.37. The van der Waals surface area contributed by atoms with Gasteiger partial charge in [0.05, 0.1) is 0 Å². The highest BCUT2D eigenvalue weighted by molar-refractivity contribution is 5.76. The van der Waals surface area contributed by atoms with Gasteiger partial charge in [0, 0.05) is 45.3 Å². The lowest BCUT2D eigenvalue weighted by Gasteiger charge is -2.34. The van der Waals surface area contributed by atoms with Crippen LogP contribution >= 0.6 is 0 Å². The minimum absolute atomic E-state index is 0.266. The van der Waals surface area contributed by atoms with E-state index in [9.17, 15) is 4.79 Å². The van der Waals surface area contributed by atoms with E-state index in [1.807, 2.05) is 4.90 Å². The summed E-state index contributed by atoms with van der Waals surface area (Å²) in [6.07, 6.45) is 13.1. The molecular weight excluding hydrogens is 288 g/mol. The molecule has 0 N–H and O–H groups in total. The second-order valence-corrected chi connectivity index (χ2v) is 7.22. The minimum Gasteiger partial charge on any atom is -0.343 e. The van der Waals surface area contributed by atoms with E-state index < -0.39 is 0 Å². The highest BCUT2D eigenvalue weighted by Gasteiger charge is 2.39. The fourth-order valence-corrected chi connectivity index (χ4v) is 3.83. The van der Waals surface area contributed by atoms with Crippen molar-refractivity contribution in [3.8, 4) is 12.3 Å². The van der Waals surface area contributed by atoms with Crippen LogP contribution in [0.1, 0.15) is 51.4 Å². The van der Waals surface area contributed by atoms with Crippen LogP contribution in [0.2, 0.25) is 0 Å². The van der Waals surface area contributed by atoms with Gasteiger partial charge in [0.1, 0.15) is 0 Å². The molecule has 3 heterocycles. The van der Waals surface area contributed by atoms with Crippen molar-refractivity contribution in [2.45, 2.75) is 57.0 Å². The van der Waals surface area contributed by atoms with Gasteiger partial charge in [-0.1, -0.05) is 0 Å². The zero-order chi connectivity index (χ0) is 16.1. The minimum atomic E-state index is -0.323. The third-order valence-electron chi connectivity index (χ3n) is 5.47. The maximum atomic E-state index is 12.4. The molecule has 0 spiro atoms. The molecule has 3 aliphatic rings. The molecular formula is C18H28N4O. The summed E-state index contributed by atoms with van der Waals surface area (Å²) in [5.41, 5.74) is -0.323. The molecule has 0 bridgehead atoms. The lowest BCUT2D eigenvalue weighted by molar-refractivity contribution is -0.132. The van der Waals surface area contributed by atoms with Crippen LogP contribution in [0.3, 0.4) is 0 Å². The highest BCUT2D eigenvalue weighted by atomic mass is 16.2. The number of likely N-dealkylation sites (tertiary alicyclic amines) is 2. The summed E-state index contributed by atoms with van der Waals surface area (Å²) in [5.74, 6) is 3.67. The van der Waals surface area contributed by atoms with Crippen LogP contribution in [-0.2, 0) is 4.79 Å². The van der Waals surface area contributed by atoms with Gasteiger partial charge in [-0.25, -0.2) is 0 Å². The molecule has 0 saturated carbocycles. The van der Waals surface area contributed by atoms with Gasteiger partial charge >= 0.3 is 0 Å². The average Bonchev–Trinajstić information content (AvgIpc) is 3.17. The molecule has 23 heavy (non-hydrogen) atoms. The number of carbonyl (C=O) groups is 1. The Hall–Kier alpha value is -1.41. The molecule has 0 unspecified atom stereocenters. The van der Waals surface area contributed by atoms with Gasteiger partial charge in [0.2, 0.25) is 5.91 Å². The Balaban J connectivity index is 1.34. The van der Waals surface area contributed by atoms with E-state index in [4.69, 9.17) is 6.42 Å². The van der Waals surface area contributed by atoms with E-state index in [0.29, 0.717) is 12.8 Å². The smallest absolute Gasteiger partial charge is 0.222 e. The standard InChI is InChI=1S/C18H28N4O/c1-2-3-9-18(19-20-18)10-6-17(23)22-13-7-16(8-14-22)15-21-11-4-5-12-21/h1,16H,3-15H2. The van der Waals surface area contributed by atoms with Gasteiger partial charge in [0.15, 0.2) is 5.66 Å². The quantitative estimate of drug-likeness (QED) is 0.678. The SMILES string of the molecule is C#CCCC1(CCC(=O)N2CCC(CN3CCCC3)CC2)N=N1. The predicted molar refractivity (Wildman–Crippen MR) is 89.9 cm³/mol. The largest absolute Gasteiger partial charge is 0.343 e. The molecule has 0 radical (unpaired) electrons. The van der Waals surface area contributed by atoms with Gasteiger partial charge in [-0.05, 0) is 44.7 Å². The molecule has 0 aromatic heterocycles. The number of hydrogen-bond donors (Lipinski definition) is 0. The molecule has 5 nitrogen and oxygen atoms in total. The number of amides is 1. The van der Waals surface area contributed by atoms with Gasteiger partial charge < -0.3 is 9.80 Å². The van der Waals surface area contributed by atoms with Gasteiger partial charge in [-0.3, -0.25) is 4.79 Å². The van der Waals surface area contributed by atoms with Crippen LogP contribution < -0.4 is 0 Å². The number of terminal acetylenes is 1. The summed E-state index contributed by atoms with van der Waals surface area (Å²) in [5, 5.41) is 8.22. The maximum absolute atomic E-state index is 12.4. The first-order chi connectivity index (χ1) is 11.2. The molecule has 5 heteroatoms. The fraction of sp³-hybridized carbons (Fsp3) is 0.833. The van der Waals surface area contributed by atoms with Crippen molar-refractivity contribution in [1.29, 1.82) is 0 Å².